The molecule has 0 saturated carbocycles. The Balaban J connectivity index is 1.45. The number of hydrazine groups is 1. The van der Waals surface area contributed by atoms with Gasteiger partial charge in [0.2, 0.25) is 11.8 Å². The first kappa shape index (κ1) is 24.2. The number of hydrogen-bond donors (Lipinski definition) is 3. The number of amides is 3. The minimum atomic E-state index is -0.498. The molecule has 1 aliphatic heterocycles. The molecule has 174 valence electrons. The van der Waals surface area contributed by atoms with E-state index in [0.717, 1.165) is 5.56 Å². The van der Waals surface area contributed by atoms with Crippen LogP contribution >= 0.6 is 12.2 Å². The Morgan fingerprint density at radius 3 is 2.61 bits per heavy atom. The van der Waals surface area contributed by atoms with E-state index in [4.69, 9.17) is 17.0 Å². The predicted octanol–water partition coefficient (Wildman–Crippen LogP) is 2.41. The summed E-state index contributed by atoms with van der Waals surface area (Å²) in [5, 5.41) is 2.47. The highest BCUT2D eigenvalue weighted by atomic mass is 32.1. The number of thiocarbonyl (C=S) groups is 1. The molecule has 1 aliphatic rings. The lowest BCUT2D eigenvalue weighted by molar-refractivity contribution is -0.129. The standard InChI is InChI=1S/C24H28N4O4S/c1-16(2)15-32-20-10-6-9-18(11-20)22(30)25-24(33)27-26-23(31)19-12-21(29)28(14-19)13-17-7-4-3-5-8-17/h3-11,16,19H,12-15H2,1-2H3,(H,26,31)(H2,25,27,30,33). The van der Waals surface area contributed by atoms with Crippen molar-refractivity contribution in [3.63, 3.8) is 0 Å². The molecule has 2 aromatic carbocycles. The van der Waals surface area contributed by atoms with E-state index >= 15 is 0 Å². The first-order valence-electron chi connectivity index (χ1n) is 10.8. The van der Waals surface area contributed by atoms with Gasteiger partial charge in [-0.2, -0.15) is 0 Å². The topological polar surface area (TPSA) is 99.8 Å². The number of nitrogens with one attached hydrogen (secondary N) is 3. The third-order valence-electron chi connectivity index (χ3n) is 5.01. The summed E-state index contributed by atoms with van der Waals surface area (Å²) in [6.07, 6.45) is 0.128. The van der Waals surface area contributed by atoms with Gasteiger partial charge in [0.25, 0.3) is 5.91 Å². The first-order chi connectivity index (χ1) is 15.8. The van der Waals surface area contributed by atoms with Crippen molar-refractivity contribution < 1.29 is 19.1 Å². The molecular formula is C24H28N4O4S. The second-order valence-corrected chi connectivity index (χ2v) is 8.70. The SMILES string of the molecule is CC(C)COc1cccc(C(=O)NC(=S)NNC(=O)C2CC(=O)N(Cc3ccccc3)C2)c1. The van der Waals surface area contributed by atoms with E-state index in [1.165, 1.54) is 0 Å². The Hall–Kier alpha value is -3.46. The third kappa shape index (κ3) is 7.28. The van der Waals surface area contributed by atoms with Crippen molar-refractivity contribution in [1.29, 1.82) is 0 Å². The van der Waals surface area contributed by atoms with Crippen molar-refractivity contribution in [2.45, 2.75) is 26.8 Å². The van der Waals surface area contributed by atoms with Crippen molar-refractivity contribution in [2.24, 2.45) is 11.8 Å². The number of likely N-dealkylation sites (tertiary alicyclic amines) is 1. The van der Waals surface area contributed by atoms with E-state index in [-0.39, 0.29) is 23.3 Å². The van der Waals surface area contributed by atoms with Crippen molar-refractivity contribution in [1.82, 2.24) is 21.1 Å². The maximum atomic E-state index is 12.5. The minimum absolute atomic E-state index is 0.0488. The van der Waals surface area contributed by atoms with Crippen LogP contribution < -0.4 is 20.9 Å². The average molecular weight is 469 g/mol. The van der Waals surface area contributed by atoms with E-state index in [9.17, 15) is 14.4 Å². The van der Waals surface area contributed by atoms with Crippen LogP contribution in [0.25, 0.3) is 0 Å². The summed E-state index contributed by atoms with van der Waals surface area (Å²) in [6, 6.07) is 16.4. The maximum Gasteiger partial charge on any atom is 0.257 e. The summed E-state index contributed by atoms with van der Waals surface area (Å²) in [5.41, 5.74) is 6.40. The summed E-state index contributed by atoms with van der Waals surface area (Å²) in [4.78, 5) is 38.9. The number of carbonyl (C=O) groups excluding carboxylic acids is 3. The van der Waals surface area contributed by atoms with Gasteiger partial charge in [-0.25, -0.2) is 0 Å². The third-order valence-corrected chi connectivity index (χ3v) is 5.21. The molecule has 33 heavy (non-hydrogen) atoms. The molecule has 9 heteroatoms. The fraction of sp³-hybridized carbons (Fsp3) is 0.333. The van der Waals surface area contributed by atoms with Crippen LogP contribution in [-0.4, -0.2) is 40.9 Å². The van der Waals surface area contributed by atoms with E-state index in [1.807, 2.05) is 44.2 Å². The molecule has 0 aliphatic carbocycles. The summed E-state index contributed by atoms with van der Waals surface area (Å²) in [5.74, 6) is -0.407. The molecule has 1 saturated heterocycles. The summed E-state index contributed by atoms with van der Waals surface area (Å²) < 4.78 is 5.64. The van der Waals surface area contributed by atoms with Crippen LogP contribution in [0, 0.1) is 11.8 Å². The fourth-order valence-electron chi connectivity index (χ4n) is 3.32. The first-order valence-corrected chi connectivity index (χ1v) is 11.2. The maximum absolute atomic E-state index is 12.5. The van der Waals surface area contributed by atoms with Gasteiger partial charge in [-0.05, 0) is 41.9 Å². The van der Waals surface area contributed by atoms with Crippen LogP contribution in [0.15, 0.2) is 54.6 Å². The molecule has 0 radical (unpaired) electrons. The lowest BCUT2D eigenvalue weighted by atomic mass is 10.1. The highest BCUT2D eigenvalue weighted by molar-refractivity contribution is 7.80. The largest absolute Gasteiger partial charge is 0.493 e. The highest BCUT2D eigenvalue weighted by Gasteiger charge is 2.34. The molecule has 0 spiro atoms. The molecular weight excluding hydrogens is 440 g/mol. The molecule has 3 amide bonds. The van der Waals surface area contributed by atoms with E-state index < -0.39 is 11.8 Å². The molecule has 0 aromatic heterocycles. The van der Waals surface area contributed by atoms with Crippen LogP contribution in [0.2, 0.25) is 0 Å². The molecule has 1 fully saturated rings. The Bertz CT molecular complexity index is 1010. The summed E-state index contributed by atoms with van der Waals surface area (Å²) >= 11 is 5.11. The Morgan fingerprint density at radius 1 is 1.12 bits per heavy atom. The van der Waals surface area contributed by atoms with Crippen molar-refractivity contribution in [3.05, 3.63) is 65.7 Å². The molecule has 1 unspecified atom stereocenters. The number of hydrogen-bond acceptors (Lipinski definition) is 5. The predicted molar refractivity (Wildman–Crippen MR) is 128 cm³/mol. The summed E-state index contributed by atoms with van der Waals surface area (Å²) in [7, 11) is 0. The van der Waals surface area contributed by atoms with E-state index in [2.05, 4.69) is 16.2 Å². The van der Waals surface area contributed by atoms with Gasteiger partial charge >= 0.3 is 0 Å². The second kappa shape index (κ2) is 11.4. The van der Waals surface area contributed by atoms with Crippen molar-refractivity contribution in [3.8, 4) is 5.75 Å². The zero-order chi connectivity index (χ0) is 23.8. The molecule has 1 heterocycles. The lowest BCUT2D eigenvalue weighted by Crippen LogP contribution is -2.50. The van der Waals surface area contributed by atoms with E-state index in [1.54, 1.807) is 29.2 Å². The summed E-state index contributed by atoms with van der Waals surface area (Å²) in [6.45, 7) is 5.41. The van der Waals surface area contributed by atoms with Gasteiger partial charge in [0.15, 0.2) is 5.11 Å². The quantitative estimate of drug-likeness (QED) is 0.426. The van der Waals surface area contributed by atoms with Crippen LogP contribution in [0.3, 0.4) is 0 Å². The fourth-order valence-corrected chi connectivity index (χ4v) is 3.47. The zero-order valence-electron chi connectivity index (χ0n) is 18.7. The molecule has 3 rings (SSSR count). The second-order valence-electron chi connectivity index (χ2n) is 8.29. The number of nitrogens with zero attached hydrogens (tertiary/aromatic N) is 1. The molecule has 1 atom stereocenters. The molecule has 2 aromatic rings. The monoisotopic (exact) mass is 468 g/mol. The lowest BCUT2D eigenvalue weighted by Gasteiger charge is -2.17. The van der Waals surface area contributed by atoms with E-state index in [0.29, 0.717) is 36.9 Å². The molecule has 8 nitrogen and oxygen atoms in total. The normalized spacial score (nSPS) is 15.3. The number of rotatable bonds is 7. The van der Waals surface area contributed by atoms with Gasteiger partial charge in [0, 0.05) is 25.1 Å². The van der Waals surface area contributed by atoms with Crippen LogP contribution in [0.5, 0.6) is 5.75 Å². The zero-order valence-corrected chi connectivity index (χ0v) is 19.5. The Morgan fingerprint density at radius 2 is 1.88 bits per heavy atom. The van der Waals surface area contributed by atoms with Gasteiger partial charge in [-0.3, -0.25) is 30.6 Å². The number of ether oxygens (including phenoxy) is 1. The smallest absolute Gasteiger partial charge is 0.257 e. The molecule has 0 bridgehead atoms. The van der Waals surface area contributed by atoms with Crippen molar-refractivity contribution >= 4 is 35.1 Å². The highest BCUT2D eigenvalue weighted by Crippen LogP contribution is 2.20. The average Bonchev–Trinajstić information content (AvgIpc) is 3.17. The minimum Gasteiger partial charge on any atom is -0.493 e. The van der Waals surface area contributed by atoms with Gasteiger partial charge < -0.3 is 9.64 Å². The Kier molecular flexibility index (Phi) is 8.37. The van der Waals surface area contributed by atoms with Gasteiger partial charge in [0.1, 0.15) is 5.75 Å². The van der Waals surface area contributed by atoms with Crippen molar-refractivity contribution in [2.75, 3.05) is 13.2 Å². The Labute approximate surface area is 198 Å². The number of benzene rings is 2. The molecule has 3 N–H and O–H groups in total. The van der Waals surface area contributed by atoms with Crippen LogP contribution in [-0.2, 0) is 16.1 Å². The van der Waals surface area contributed by atoms with Gasteiger partial charge in [-0.1, -0.05) is 50.2 Å². The van der Waals surface area contributed by atoms with Gasteiger partial charge in [-0.15, -0.1) is 0 Å². The number of carbonyl (C=O) groups is 3. The van der Waals surface area contributed by atoms with Crippen LogP contribution in [0.1, 0.15) is 36.2 Å². The van der Waals surface area contributed by atoms with Gasteiger partial charge in [0.05, 0.1) is 12.5 Å². The van der Waals surface area contributed by atoms with Crippen LogP contribution in [0.4, 0.5) is 0 Å².